The third-order valence-corrected chi connectivity index (χ3v) is 4.73. The number of amides is 1. The molecule has 2 N–H and O–H groups in total. The van der Waals surface area contributed by atoms with Crippen molar-refractivity contribution in [2.45, 2.75) is 18.7 Å². The molecule has 0 fully saturated rings. The molecule has 2 aromatic rings. The number of aryl methyl sites for hydroxylation is 2. The Morgan fingerprint density at radius 2 is 2.00 bits per heavy atom. The molecule has 0 aliphatic rings. The molecule has 1 heterocycles. The quantitative estimate of drug-likeness (QED) is 0.737. The van der Waals surface area contributed by atoms with E-state index in [1.54, 1.807) is 27.0 Å². The number of hydrogen-bond donors (Lipinski definition) is 2. The van der Waals surface area contributed by atoms with Gasteiger partial charge in [0.15, 0.2) is 18.2 Å². The van der Waals surface area contributed by atoms with Gasteiger partial charge in [0.1, 0.15) is 4.90 Å². The van der Waals surface area contributed by atoms with Crippen LogP contribution in [0.3, 0.4) is 0 Å². The minimum atomic E-state index is -3.98. The summed E-state index contributed by atoms with van der Waals surface area (Å²) in [6.45, 7) is 2.59. The number of ether oxygens (including phenoxy) is 1. The molecule has 0 aliphatic carbocycles. The predicted molar refractivity (Wildman–Crippen MR) is 83.0 cm³/mol. The molecule has 0 bridgehead atoms. The number of rotatable bonds is 6. The average Bonchev–Trinajstić information content (AvgIpc) is 2.78. The van der Waals surface area contributed by atoms with Crippen molar-refractivity contribution in [2.24, 2.45) is 7.05 Å². The van der Waals surface area contributed by atoms with E-state index in [9.17, 15) is 17.6 Å². The van der Waals surface area contributed by atoms with E-state index in [1.807, 2.05) is 10.3 Å². The molecule has 0 aliphatic heterocycles. The smallest absolute Gasteiger partial charge is 0.272 e. The van der Waals surface area contributed by atoms with Gasteiger partial charge in [0.2, 0.25) is 0 Å². The van der Waals surface area contributed by atoms with Gasteiger partial charge in [-0.3, -0.25) is 14.9 Å². The molecule has 0 saturated heterocycles. The Labute approximate surface area is 138 Å². The van der Waals surface area contributed by atoms with E-state index in [4.69, 9.17) is 4.74 Å². The Hall–Kier alpha value is -2.46. The third kappa shape index (κ3) is 3.89. The number of benzene rings is 1. The highest BCUT2D eigenvalue weighted by atomic mass is 32.2. The number of carbonyl (C=O) groups is 1. The second-order valence-corrected chi connectivity index (χ2v) is 6.62. The number of nitrogens with one attached hydrogen (secondary N) is 2. The first-order valence-corrected chi connectivity index (χ1v) is 8.39. The van der Waals surface area contributed by atoms with Crippen LogP contribution < -0.4 is 15.0 Å². The summed E-state index contributed by atoms with van der Waals surface area (Å²) >= 11 is 0. The fourth-order valence-corrected chi connectivity index (χ4v) is 3.36. The van der Waals surface area contributed by atoms with Crippen LogP contribution in [-0.4, -0.2) is 30.7 Å². The Morgan fingerprint density at radius 1 is 1.33 bits per heavy atom. The van der Waals surface area contributed by atoms with Crippen LogP contribution >= 0.6 is 0 Å². The lowest BCUT2D eigenvalue weighted by Gasteiger charge is -2.10. The summed E-state index contributed by atoms with van der Waals surface area (Å²) in [5.74, 6) is -1.50. The van der Waals surface area contributed by atoms with Crippen LogP contribution in [0.4, 0.5) is 4.39 Å². The first-order chi connectivity index (χ1) is 11.2. The molecule has 24 heavy (non-hydrogen) atoms. The fourth-order valence-electron chi connectivity index (χ4n) is 2.06. The van der Waals surface area contributed by atoms with E-state index in [-0.39, 0.29) is 10.6 Å². The second kappa shape index (κ2) is 6.97. The predicted octanol–water partition coefficient (Wildman–Crippen LogP) is 0.565. The van der Waals surface area contributed by atoms with E-state index in [1.165, 1.54) is 22.9 Å². The molecular weight excluding hydrogens is 339 g/mol. The van der Waals surface area contributed by atoms with Crippen molar-refractivity contribution in [1.29, 1.82) is 0 Å². The number of aromatic nitrogens is 2. The van der Waals surface area contributed by atoms with Crippen molar-refractivity contribution >= 4 is 15.9 Å². The standard InChI is InChI=1S/C14H17FN4O4S/c1-9-14(10(2)19(3)17-9)24(21,22)18-16-13(20)8-23-12-7-5-4-6-11(12)15/h4-7,18H,8H2,1-3H3,(H,16,20). The zero-order valence-electron chi connectivity index (χ0n) is 13.3. The zero-order chi connectivity index (χ0) is 17.9. The molecule has 1 amide bonds. The van der Waals surface area contributed by atoms with Crippen molar-refractivity contribution in [3.05, 3.63) is 41.5 Å². The van der Waals surface area contributed by atoms with Crippen LogP contribution in [0.2, 0.25) is 0 Å². The third-order valence-electron chi connectivity index (χ3n) is 3.23. The van der Waals surface area contributed by atoms with E-state index in [0.29, 0.717) is 11.4 Å². The van der Waals surface area contributed by atoms with E-state index in [2.05, 4.69) is 5.10 Å². The lowest BCUT2D eigenvalue weighted by atomic mass is 10.3. The summed E-state index contributed by atoms with van der Waals surface area (Å²) < 4.78 is 44.2. The van der Waals surface area contributed by atoms with Crippen LogP contribution in [0.25, 0.3) is 0 Å². The monoisotopic (exact) mass is 356 g/mol. The number of carbonyl (C=O) groups excluding carboxylic acids is 1. The summed E-state index contributed by atoms with van der Waals surface area (Å²) in [6, 6.07) is 5.57. The number of halogens is 1. The van der Waals surface area contributed by atoms with Crippen molar-refractivity contribution in [3.8, 4) is 5.75 Å². The van der Waals surface area contributed by atoms with Crippen molar-refractivity contribution in [1.82, 2.24) is 20.0 Å². The van der Waals surface area contributed by atoms with Gasteiger partial charge in [-0.15, -0.1) is 4.83 Å². The molecule has 10 heteroatoms. The molecule has 1 aromatic heterocycles. The Balaban J connectivity index is 1.97. The molecule has 1 aromatic carbocycles. The second-order valence-electron chi connectivity index (χ2n) is 5.00. The maximum Gasteiger partial charge on any atom is 0.272 e. The van der Waals surface area contributed by atoms with Gasteiger partial charge in [0, 0.05) is 7.05 Å². The van der Waals surface area contributed by atoms with Gasteiger partial charge >= 0.3 is 0 Å². The summed E-state index contributed by atoms with van der Waals surface area (Å²) in [6.07, 6.45) is 0. The molecule has 0 unspecified atom stereocenters. The number of hydrazine groups is 1. The molecule has 0 saturated carbocycles. The molecule has 2 rings (SSSR count). The van der Waals surface area contributed by atoms with Crippen LogP contribution in [0.5, 0.6) is 5.75 Å². The first-order valence-electron chi connectivity index (χ1n) is 6.90. The number of sulfonamides is 1. The molecule has 0 atom stereocenters. The minimum absolute atomic E-state index is 0.0136. The molecule has 130 valence electrons. The highest BCUT2D eigenvalue weighted by Gasteiger charge is 2.24. The molecule has 0 radical (unpaired) electrons. The Morgan fingerprint density at radius 3 is 2.58 bits per heavy atom. The van der Waals surface area contributed by atoms with Gasteiger partial charge in [-0.05, 0) is 26.0 Å². The SMILES string of the molecule is Cc1nn(C)c(C)c1S(=O)(=O)NNC(=O)COc1ccccc1F. The van der Waals surface area contributed by atoms with E-state index >= 15 is 0 Å². The van der Waals surface area contributed by atoms with Gasteiger partial charge < -0.3 is 4.74 Å². The summed E-state index contributed by atoms with van der Waals surface area (Å²) in [7, 11) is -2.37. The highest BCUT2D eigenvalue weighted by Crippen LogP contribution is 2.17. The van der Waals surface area contributed by atoms with Crippen LogP contribution in [0, 0.1) is 19.7 Å². The topological polar surface area (TPSA) is 102 Å². The van der Waals surface area contributed by atoms with Crippen LogP contribution in [0.1, 0.15) is 11.4 Å². The number of nitrogens with zero attached hydrogens (tertiary/aromatic N) is 2. The fraction of sp³-hybridized carbons (Fsp3) is 0.286. The van der Waals surface area contributed by atoms with Gasteiger partial charge in [0.05, 0.1) is 11.4 Å². The van der Waals surface area contributed by atoms with E-state index < -0.39 is 28.4 Å². The Bertz CT molecular complexity index is 864. The van der Waals surface area contributed by atoms with Crippen LogP contribution in [-0.2, 0) is 21.9 Å². The lowest BCUT2D eigenvalue weighted by molar-refractivity contribution is -0.123. The summed E-state index contributed by atoms with van der Waals surface area (Å²) in [5.41, 5.74) is 2.75. The summed E-state index contributed by atoms with van der Waals surface area (Å²) in [4.78, 5) is 13.6. The summed E-state index contributed by atoms with van der Waals surface area (Å²) in [5, 5.41) is 4.01. The van der Waals surface area contributed by atoms with Gasteiger partial charge in [-0.25, -0.2) is 12.8 Å². The highest BCUT2D eigenvalue weighted by molar-refractivity contribution is 7.89. The maximum absolute atomic E-state index is 13.4. The zero-order valence-corrected chi connectivity index (χ0v) is 14.1. The van der Waals surface area contributed by atoms with Gasteiger partial charge in [0.25, 0.3) is 15.9 Å². The van der Waals surface area contributed by atoms with Crippen LogP contribution in [0.15, 0.2) is 29.2 Å². The number of para-hydroxylation sites is 1. The minimum Gasteiger partial charge on any atom is -0.481 e. The number of hydrogen-bond acceptors (Lipinski definition) is 5. The molecule has 8 nitrogen and oxygen atoms in total. The van der Waals surface area contributed by atoms with Crippen molar-refractivity contribution < 1.29 is 22.3 Å². The maximum atomic E-state index is 13.4. The molecular formula is C14H17FN4O4S. The van der Waals surface area contributed by atoms with Crippen molar-refractivity contribution in [2.75, 3.05) is 6.61 Å². The Kier molecular flexibility index (Phi) is 5.20. The lowest BCUT2D eigenvalue weighted by Crippen LogP contribution is -2.44. The molecule has 0 spiro atoms. The average molecular weight is 356 g/mol. The van der Waals surface area contributed by atoms with Crippen molar-refractivity contribution in [3.63, 3.8) is 0 Å². The van der Waals surface area contributed by atoms with E-state index in [0.717, 1.165) is 0 Å². The van der Waals surface area contributed by atoms with Gasteiger partial charge in [-0.2, -0.15) is 5.10 Å². The van der Waals surface area contributed by atoms with Gasteiger partial charge in [-0.1, -0.05) is 12.1 Å². The first kappa shape index (κ1) is 17.9. The normalized spacial score (nSPS) is 11.3. The largest absolute Gasteiger partial charge is 0.481 e.